The molecule has 0 aromatic carbocycles. The molecule has 10 heavy (non-hydrogen) atoms. The van der Waals surface area contributed by atoms with Gasteiger partial charge in [-0.1, -0.05) is 35.3 Å². The van der Waals surface area contributed by atoms with E-state index >= 15 is 0 Å². The van der Waals surface area contributed by atoms with Gasteiger partial charge in [0.05, 0.1) is 0 Å². The first kappa shape index (κ1) is 9.44. The summed E-state index contributed by atoms with van der Waals surface area (Å²) in [5.41, 5.74) is 6.81. The zero-order valence-electron chi connectivity index (χ0n) is 6.96. The third kappa shape index (κ3) is 4.33. The van der Waals surface area contributed by atoms with E-state index in [1.165, 1.54) is 0 Å². The molecule has 0 atom stereocenters. The van der Waals surface area contributed by atoms with Crippen LogP contribution in [0.5, 0.6) is 0 Å². The van der Waals surface area contributed by atoms with E-state index in [2.05, 4.69) is 56.1 Å². The molecular weight excluding hydrogens is 136 g/mol. The Kier molecular flexibility index (Phi) is 6.19. The summed E-state index contributed by atoms with van der Waals surface area (Å²) in [6.07, 6.45) is 6.36. The van der Waals surface area contributed by atoms with Crippen molar-refractivity contribution in [1.82, 2.24) is 0 Å². The molecule has 1 radical (unpaired) electrons. The van der Waals surface area contributed by atoms with Crippen molar-refractivity contribution < 1.29 is 0 Å². The average Bonchev–Trinajstić information content (AvgIpc) is 1.90. The molecule has 0 aliphatic rings. The molecule has 0 spiro atoms. The van der Waals surface area contributed by atoms with Crippen molar-refractivity contribution in [2.75, 3.05) is 0 Å². The van der Waals surface area contributed by atoms with Gasteiger partial charge < -0.3 is 0 Å². The van der Waals surface area contributed by atoms with Crippen molar-refractivity contribution in [2.24, 2.45) is 0 Å². The molecule has 0 saturated carbocycles. The minimum absolute atomic E-state index is 0.439. The highest BCUT2D eigenvalue weighted by Crippen LogP contribution is 1.90. The highest BCUT2D eigenvalue weighted by atomic mass is 28.3. The lowest BCUT2D eigenvalue weighted by molar-refractivity contribution is 1.73. The summed E-state index contributed by atoms with van der Waals surface area (Å²) in [5, 5.41) is 0. The van der Waals surface area contributed by atoms with Crippen LogP contribution in [0.15, 0.2) is 35.3 Å². The second kappa shape index (κ2) is 6.56. The third-order valence-electron chi connectivity index (χ3n) is 1.08. The lowest BCUT2D eigenvalue weighted by Crippen LogP contribution is -2.00. The van der Waals surface area contributed by atoms with E-state index in [9.17, 15) is 0 Å². The number of hydrogen-bond acceptors (Lipinski definition) is 0. The van der Waals surface area contributed by atoms with Crippen LogP contribution in [-0.4, -0.2) is 8.80 Å². The molecule has 0 saturated heterocycles. The number of allylic oxidation sites excluding steroid dienone is 3. The number of rotatable bonds is 3. The van der Waals surface area contributed by atoms with Gasteiger partial charge in [0.25, 0.3) is 0 Å². The quantitative estimate of drug-likeness (QED) is 0.544. The van der Waals surface area contributed by atoms with Crippen LogP contribution in [0, 0.1) is 0 Å². The van der Waals surface area contributed by atoms with Crippen molar-refractivity contribution in [3.63, 3.8) is 0 Å². The van der Waals surface area contributed by atoms with E-state index in [0.29, 0.717) is 0 Å². The van der Waals surface area contributed by atoms with E-state index in [4.69, 9.17) is 0 Å². The Hall–Kier alpha value is -0.563. The van der Waals surface area contributed by atoms with Gasteiger partial charge in [0.15, 0.2) is 0 Å². The van der Waals surface area contributed by atoms with E-state index in [-0.39, 0.29) is 0 Å². The standard InChI is InChI=1S/C9H15Si/c1-4-7-10(8-5-2)9-6-3/h4-9H,1-3H3/b7-4+,8-5+,9-6+. The monoisotopic (exact) mass is 151 g/mol. The maximum atomic E-state index is 2.27. The SMILES string of the molecule is C/C=C/[Si](/C=C/C)/C=C/C. The Balaban J connectivity index is 3.97. The Morgan fingerprint density at radius 1 is 0.700 bits per heavy atom. The summed E-state index contributed by atoms with van der Waals surface area (Å²) in [5.74, 6) is 0. The molecule has 0 unspecified atom stereocenters. The van der Waals surface area contributed by atoms with E-state index in [1.54, 1.807) is 0 Å². The zero-order chi connectivity index (χ0) is 7.82. The highest BCUT2D eigenvalue weighted by Gasteiger charge is 1.92. The van der Waals surface area contributed by atoms with Gasteiger partial charge >= 0.3 is 0 Å². The minimum Gasteiger partial charge on any atom is -0.0950 e. The summed E-state index contributed by atoms with van der Waals surface area (Å²) in [6, 6.07) is 0. The average molecular weight is 151 g/mol. The Bertz CT molecular complexity index is 114. The van der Waals surface area contributed by atoms with Gasteiger partial charge in [-0.25, -0.2) is 0 Å². The van der Waals surface area contributed by atoms with Crippen molar-refractivity contribution in [3.05, 3.63) is 35.3 Å². The zero-order valence-corrected chi connectivity index (χ0v) is 7.96. The van der Waals surface area contributed by atoms with Gasteiger partial charge in [0.1, 0.15) is 8.80 Å². The summed E-state index contributed by atoms with van der Waals surface area (Å²) < 4.78 is 0. The molecule has 0 aromatic heterocycles. The molecule has 0 aliphatic heterocycles. The van der Waals surface area contributed by atoms with Crippen LogP contribution in [0.4, 0.5) is 0 Å². The topological polar surface area (TPSA) is 0 Å². The van der Waals surface area contributed by atoms with Crippen LogP contribution >= 0.6 is 0 Å². The van der Waals surface area contributed by atoms with Gasteiger partial charge in [-0.15, -0.1) is 0 Å². The van der Waals surface area contributed by atoms with Crippen LogP contribution in [0.25, 0.3) is 0 Å². The van der Waals surface area contributed by atoms with E-state index in [0.717, 1.165) is 0 Å². The molecule has 55 valence electrons. The maximum absolute atomic E-state index is 2.27. The van der Waals surface area contributed by atoms with Crippen molar-refractivity contribution in [3.8, 4) is 0 Å². The molecule has 0 nitrogen and oxygen atoms in total. The fourth-order valence-corrected chi connectivity index (χ4v) is 2.23. The summed E-state index contributed by atoms with van der Waals surface area (Å²) in [4.78, 5) is 0. The van der Waals surface area contributed by atoms with E-state index < -0.39 is 8.80 Å². The second-order valence-electron chi connectivity index (χ2n) is 2.00. The summed E-state index contributed by atoms with van der Waals surface area (Å²) >= 11 is 0. The molecule has 1 heteroatoms. The first-order chi connectivity index (χ1) is 4.85. The molecule has 0 bridgehead atoms. The van der Waals surface area contributed by atoms with Crippen LogP contribution in [0.2, 0.25) is 0 Å². The van der Waals surface area contributed by atoms with Crippen LogP contribution in [0.1, 0.15) is 20.8 Å². The van der Waals surface area contributed by atoms with Crippen molar-refractivity contribution in [1.29, 1.82) is 0 Å². The predicted octanol–water partition coefficient (Wildman–Crippen LogP) is 2.83. The Labute approximate surface area is 65.6 Å². The van der Waals surface area contributed by atoms with Crippen molar-refractivity contribution in [2.45, 2.75) is 20.8 Å². The van der Waals surface area contributed by atoms with Gasteiger partial charge in [-0.05, 0) is 20.8 Å². The smallest absolute Gasteiger partial charge is 0.0950 e. The Morgan fingerprint density at radius 2 is 1.00 bits per heavy atom. The van der Waals surface area contributed by atoms with E-state index in [1.807, 2.05) is 0 Å². The molecule has 0 rings (SSSR count). The maximum Gasteiger partial charge on any atom is 0.130 e. The first-order valence-electron chi connectivity index (χ1n) is 3.60. The van der Waals surface area contributed by atoms with Crippen LogP contribution < -0.4 is 0 Å². The summed E-state index contributed by atoms with van der Waals surface area (Å²) in [6.45, 7) is 6.20. The fraction of sp³-hybridized carbons (Fsp3) is 0.333. The number of hydrogen-bond donors (Lipinski definition) is 0. The van der Waals surface area contributed by atoms with Gasteiger partial charge in [-0.2, -0.15) is 0 Å². The lowest BCUT2D eigenvalue weighted by atomic mass is 10.8. The summed E-state index contributed by atoms with van der Waals surface area (Å²) in [7, 11) is -0.439. The second-order valence-corrected chi connectivity index (χ2v) is 4.00. The van der Waals surface area contributed by atoms with Crippen LogP contribution in [-0.2, 0) is 0 Å². The molecule has 0 heterocycles. The molecule has 0 aliphatic carbocycles. The highest BCUT2D eigenvalue weighted by molar-refractivity contribution is 6.74. The van der Waals surface area contributed by atoms with Crippen molar-refractivity contribution >= 4 is 8.80 Å². The molecule has 0 N–H and O–H groups in total. The first-order valence-corrected chi connectivity index (χ1v) is 5.33. The largest absolute Gasteiger partial charge is 0.130 e. The predicted molar refractivity (Wildman–Crippen MR) is 50.2 cm³/mol. The van der Waals surface area contributed by atoms with Crippen LogP contribution in [0.3, 0.4) is 0 Å². The normalized spacial score (nSPS) is 13.2. The Morgan fingerprint density at radius 3 is 1.20 bits per heavy atom. The minimum atomic E-state index is -0.439. The lowest BCUT2D eigenvalue weighted by Gasteiger charge is -1.93. The van der Waals surface area contributed by atoms with Gasteiger partial charge in [0, 0.05) is 0 Å². The van der Waals surface area contributed by atoms with Gasteiger partial charge in [-0.3, -0.25) is 0 Å². The fourth-order valence-electron chi connectivity index (χ4n) is 0.744. The molecule has 0 fully saturated rings. The molecular formula is C9H15Si. The third-order valence-corrected chi connectivity index (χ3v) is 3.23. The molecule has 0 amide bonds. The molecule has 0 aromatic rings. The van der Waals surface area contributed by atoms with Gasteiger partial charge in [0.2, 0.25) is 0 Å².